The van der Waals surface area contributed by atoms with Gasteiger partial charge in [-0.15, -0.1) is 0 Å². The van der Waals surface area contributed by atoms with E-state index in [9.17, 15) is 18.4 Å². The van der Waals surface area contributed by atoms with Gasteiger partial charge in [-0.2, -0.15) is 0 Å². The molecule has 0 unspecified atom stereocenters. The van der Waals surface area contributed by atoms with Crippen molar-refractivity contribution in [1.29, 1.82) is 0 Å². The average molecular weight is 333 g/mol. The van der Waals surface area contributed by atoms with Crippen molar-refractivity contribution >= 4 is 28.9 Å². The molecular weight excluding hydrogens is 316 g/mol. The van der Waals surface area contributed by atoms with Crippen LogP contribution in [0.3, 0.4) is 0 Å². The van der Waals surface area contributed by atoms with Crippen molar-refractivity contribution in [1.82, 2.24) is 0 Å². The summed E-state index contributed by atoms with van der Waals surface area (Å²) in [4.78, 5) is 22.8. The number of nitrogens with one attached hydrogen (secondary N) is 3. The van der Waals surface area contributed by atoms with Gasteiger partial charge in [0.15, 0.2) is 11.6 Å². The van der Waals surface area contributed by atoms with Gasteiger partial charge in [0.1, 0.15) is 0 Å². The zero-order valence-electron chi connectivity index (χ0n) is 13.0. The molecular formula is C17H17F2N3O2. The van der Waals surface area contributed by atoms with Crippen LogP contribution in [0.25, 0.3) is 0 Å². The second kappa shape index (κ2) is 8.05. The molecule has 24 heavy (non-hydrogen) atoms. The number of benzene rings is 2. The molecule has 0 aromatic heterocycles. The minimum absolute atomic E-state index is 0.159. The summed E-state index contributed by atoms with van der Waals surface area (Å²) in [5, 5.41) is 8.18. The molecule has 0 fully saturated rings. The van der Waals surface area contributed by atoms with Crippen molar-refractivity contribution in [2.45, 2.75) is 13.3 Å². The lowest BCUT2D eigenvalue weighted by Crippen LogP contribution is -2.16. The fourth-order valence-electron chi connectivity index (χ4n) is 1.99. The molecule has 7 heteroatoms. The summed E-state index contributed by atoms with van der Waals surface area (Å²) in [7, 11) is 0. The molecule has 126 valence electrons. The van der Waals surface area contributed by atoms with E-state index in [1.54, 1.807) is 24.3 Å². The Bertz CT molecular complexity index is 733. The number of carbonyl (C=O) groups excluding carboxylic acids is 2. The van der Waals surface area contributed by atoms with E-state index in [0.29, 0.717) is 17.1 Å². The van der Waals surface area contributed by atoms with Crippen LogP contribution in [-0.4, -0.2) is 18.4 Å². The molecule has 0 aliphatic carbocycles. The van der Waals surface area contributed by atoms with Gasteiger partial charge in [-0.25, -0.2) is 8.78 Å². The first-order valence-electron chi connectivity index (χ1n) is 7.30. The number of rotatable bonds is 6. The molecule has 2 amide bonds. The molecule has 2 aromatic rings. The molecule has 0 spiro atoms. The van der Waals surface area contributed by atoms with Crippen LogP contribution in [0.15, 0.2) is 42.5 Å². The van der Waals surface area contributed by atoms with E-state index in [0.717, 1.165) is 12.1 Å². The van der Waals surface area contributed by atoms with Gasteiger partial charge in [0.05, 0.1) is 0 Å². The molecule has 0 radical (unpaired) electrons. The summed E-state index contributed by atoms with van der Waals surface area (Å²) < 4.78 is 25.8. The highest BCUT2D eigenvalue weighted by molar-refractivity contribution is 5.92. The Kier molecular flexibility index (Phi) is 5.83. The number of anilines is 3. The topological polar surface area (TPSA) is 70.2 Å². The predicted molar refractivity (Wildman–Crippen MR) is 88.8 cm³/mol. The first-order chi connectivity index (χ1) is 11.4. The van der Waals surface area contributed by atoms with Crippen LogP contribution in [0, 0.1) is 11.6 Å². The fourth-order valence-corrected chi connectivity index (χ4v) is 1.99. The Morgan fingerprint density at radius 3 is 2.04 bits per heavy atom. The van der Waals surface area contributed by atoms with Crippen LogP contribution in [0.4, 0.5) is 25.8 Å². The second-order valence-electron chi connectivity index (χ2n) is 5.11. The lowest BCUT2D eigenvalue weighted by atomic mass is 10.2. The first-order valence-corrected chi connectivity index (χ1v) is 7.30. The fraction of sp³-hybridized carbons (Fsp3) is 0.176. The van der Waals surface area contributed by atoms with E-state index in [2.05, 4.69) is 16.0 Å². The average Bonchev–Trinajstić information content (AvgIpc) is 2.52. The molecule has 0 saturated carbocycles. The molecule has 0 saturated heterocycles. The van der Waals surface area contributed by atoms with Gasteiger partial charge in [0.2, 0.25) is 11.8 Å². The molecule has 2 rings (SSSR count). The van der Waals surface area contributed by atoms with Crippen molar-refractivity contribution in [3.05, 3.63) is 54.1 Å². The highest BCUT2D eigenvalue weighted by Crippen LogP contribution is 2.15. The van der Waals surface area contributed by atoms with Gasteiger partial charge in [-0.05, 0) is 42.5 Å². The number of amides is 2. The maximum atomic E-state index is 13.0. The highest BCUT2D eigenvalue weighted by atomic mass is 19.2. The van der Waals surface area contributed by atoms with Crippen LogP contribution in [-0.2, 0) is 9.59 Å². The summed E-state index contributed by atoms with van der Waals surface area (Å²) in [6, 6.07) is 10.2. The van der Waals surface area contributed by atoms with Gasteiger partial charge in [0, 0.05) is 37.0 Å². The summed E-state index contributed by atoms with van der Waals surface area (Å²) >= 11 is 0. The smallest absolute Gasteiger partial charge is 0.226 e. The molecule has 2 aromatic carbocycles. The van der Waals surface area contributed by atoms with Gasteiger partial charge in [0.25, 0.3) is 0 Å². The van der Waals surface area contributed by atoms with E-state index in [1.807, 2.05) is 0 Å². The van der Waals surface area contributed by atoms with E-state index in [1.165, 1.54) is 13.0 Å². The minimum Gasteiger partial charge on any atom is -0.384 e. The van der Waals surface area contributed by atoms with Crippen LogP contribution in [0.2, 0.25) is 0 Å². The Morgan fingerprint density at radius 1 is 0.875 bits per heavy atom. The number of hydrogen-bond acceptors (Lipinski definition) is 3. The highest BCUT2D eigenvalue weighted by Gasteiger charge is 2.05. The third-order valence-corrected chi connectivity index (χ3v) is 3.09. The van der Waals surface area contributed by atoms with Crippen LogP contribution in [0.1, 0.15) is 13.3 Å². The van der Waals surface area contributed by atoms with Crippen molar-refractivity contribution in [2.24, 2.45) is 0 Å². The Morgan fingerprint density at radius 2 is 1.46 bits per heavy atom. The molecule has 0 aliphatic rings. The quantitative estimate of drug-likeness (QED) is 0.759. The Balaban J connectivity index is 1.78. The molecule has 0 heterocycles. The SMILES string of the molecule is CC(=O)Nc1ccc(NC(=O)CCNc2ccc(F)c(F)c2)cc1. The summed E-state index contributed by atoms with van der Waals surface area (Å²) in [6.07, 6.45) is 0.159. The largest absolute Gasteiger partial charge is 0.384 e. The van der Waals surface area contributed by atoms with E-state index >= 15 is 0 Å². The van der Waals surface area contributed by atoms with Crippen molar-refractivity contribution < 1.29 is 18.4 Å². The normalized spacial score (nSPS) is 10.1. The minimum atomic E-state index is -0.941. The monoisotopic (exact) mass is 333 g/mol. The van der Waals surface area contributed by atoms with Crippen molar-refractivity contribution in [3.8, 4) is 0 Å². The standard InChI is InChI=1S/C17H17F2N3O2/c1-11(23)21-12-2-4-13(5-3-12)22-17(24)8-9-20-14-6-7-15(18)16(19)10-14/h2-7,10,20H,8-9H2,1H3,(H,21,23)(H,22,24). The van der Waals surface area contributed by atoms with Crippen molar-refractivity contribution in [2.75, 3.05) is 22.5 Å². The van der Waals surface area contributed by atoms with Crippen LogP contribution >= 0.6 is 0 Å². The van der Waals surface area contributed by atoms with E-state index in [-0.39, 0.29) is 24.8 Å². The maximum absolute atomic E-state index is 13.0. The van der Waals surface area contributed by atoms with E-state index < -0.39 is 11.6 Å². The van der Waals surface area contributed by atoms with Crippen LogP contribution < -0.4 is 16.0 Å². The van der Waals surface area contributed by atoms with Crippen LogP contribution in [0.5, 0.6) is 0 Å². The van der Waals surface area contributed by atoms with Crippen molar-refractivity contribution in [3.63, 3.8) is 0 Å². The number of halogens is 2. The van der Waals surface area contributed by atoms with Gasteiger partial charge < -0.3 is 16.0 Å². The zero-order chi connectivity index (χ0) is 17.5. The number of carbonyl (C=O) groups is 2. The third kappa shape index (κ3) is 5.35. The maximum Gasteiger partial charge on any atom is 0.226 e. The second-order valence-corrected chi connectivity index (χ2v) is 5.11. The summed E-state index contributed by atoms with van der Waals surface area (Å²) in [5.74, 6) is -2.25. The molecule has 0 atom stereocenters. The zero-order valence-corrected chi connectivity index (χ0v) is 13.0. The number of hydrogen-bond donors (Lipinski definition) is 3. The molecule has 0 bridgehead atoms. The Hall–Kier alpha value is -2.96. The lowest BCUT2D eigenvalue weighted by molar-refractivity contribution is -0.116. The Labute approximate surface area is 138 Å². The van der Waals surface area contributed by atoms with Gasteiger partial charge in [-0.3, -0.25) is 9.59 Å². The summed E-state index contributed by atoms with van der Waals surface area (Å²) in [6.45, 7) is 1.69. The third-order valence-electron chi connectivity index (χ3n) is 3.09. The van der Waals surface area contributed by atoms with E-state index in [4.69, 9.17) is 0 Å². The lowest BCUT2D eigenvalue weighted by Gasteiger charge is -2.09. The predicted octanol–water partition coefficient (Wildman–Crippen LogP) is 3.36. The summed E-state index contributed by atoms with van der Waals surface area (Å²) in [5.41, 5.74) is 1.64. The van der Waals surface area contributed by atoms with Gasteiger partial charge >= 0.3 is 0 Å². The molecule has 5 nitrogen and oxygen atoms in total. The van der Waals surface area contributed by atoms with Gasteiger partial charge in [-0.1, -0.05) is 0 Å². The first kappa shape index (κ1) is 17.4. The molecule has 0 aliphatic heterocycles. The molecule has 3 N–H and O–H groups in total.